The van der Waals surface area contributed by atoms with Gasteiger partial charge in [-0.3, -0.25) is 14.6 Å². The van der Waals surface area contributed by atoms with Gasteiger partial charge in [0.05, 0.1) is 19.6 Å². The lowest BCUT2D eigenvalue weighted by atomic mass is 10.2. The van der Waals surface area contributed by atoms with Crippen molar-refractivity contribution in [2.75, 3.05) is 13.2 Å². The van der Waals surface area contributed by atoms with Crippen LogP contribution in [0.25, 0.3) is 0 Å². The second-order valence-corrected chi connectivity index (χ2v) is 4.17. The molecule has 1 atom stereocenters. The molecular formula is C7H16NO5P. The van der Waals surface area contributed by atoms with Crippen LogP contribution in [0.1, 0.15) is 20.3 Å². The standard InChI is InChI=1S/C7H16NO5P/c1-6(2)5-13-14(11)12-4-3-7(9)8-10/h6,10,14H,3-5H2,1-2H3,(H,8,9). The molecule has 14 heavy (non-hydrogen) atoms. The highest BCUT2D eigenvalue weighted by molar-refractivity contribution is 7.33. The summed E-state index contributed by atoms with van der Waals surface area (Å²) in [5, 5.41) is 8.12. The normalized spacial score (nSPS) is 12.9. The Kier molecular flexibility index (Phi) is 7.70. The smallest absolute Gasteiger partial charge is 0.310 e. The average molecular weight is 225 g/mol. The third-order valence-corrected chi connectivity index (χ3v) is 2.05. The molecule has 0 aliphatic heterocycles. The summed E-state index contributed by atoms with van der Waals surface area (Å²) in [6.45, 7) is 4.19. The maximum atomic E-state index is 11.0. The number of hydrogen-bond acceptors (Lipinski definition) is 5. The zero-order valence-corrected chi connectivity index (χ0v) is 9.28. The number of nitrogens with one attached hydrogen (secondary N) is 1. The largest absolute Gasteiger partial charge is 0.319 e. The van der Waals surface area contributed by atoms with Crippen molar-refractivity contribution in [1.82, 2.24) is 5.48 Å². The van der Waals surface area contributed by atoms with Crippen LogP contribution in [0.3, 0.4) is 0 Å². The number of rotatable bonds is 7. The predicted molar refractivity (Wildman–Crippen MR) is 50.3 cm³/mol. The van der Waals surface area contributed by atoms with Gasteiger partial charge in [0.1, 0.15) is 0 Å². The molecule has 84 valence electrons. The van der Waals surface area contributed by atoms with Crippen LogP contribution in [0.5, 0.6) is 0 Å². The highest BCUT2D eigenvalue weighted by atomic mass is 31.1. The summed E-state index contributed by atoms with van der Waals surface area (Å²) in [6, 6.07) is 0. The molecule has 0 aliphatic carbocycles. The Morgan fingerprint density at radius 3 is 2.64 bits per heavy atom. The van der Waals surface area contributed by atoms with Gasteiger partial charge in [0.2, 0.25) is 5.91 Å². The van der Waals surface area contributed by atoms with Crippen molar-refractivity contribution in [2.24, 2.45) is 5.92 Å². The Morgan fingerprint density at radius 2 is 2.14 bits per heavy atom. The molecule has 1 amide bonds. The van der Waals surface area contributed by atoms with E-state index < -0.39 is 14.2 Å². The molecule has 0 spiro atoms. The molecule has 0 saturated heterocycles. The topological polar surface area (TPSA) is 84.9 Å². The Labute approximate surface area is 83.5 Å². The van der Waals surface area contributed by atoms with Gasteiger partial charge in [-0.15, -0.1) is 0 Å². The number of hydrogen-bond donors (Lipinski definition) is 2. The van der Waals surface area contributed by atoms with Crippen LogP contribution in [0.15, 0.2) is 0 Å². The first-order chi connectivity index (χ1) is 6.56. The fourth-order valence-electron chi connectivity index (χ4n) is 0.559. The Balaban J connectivity index is 3.40. The molecule has 6 nitrogen and oxygen atoms in total. The lowest BCUT2D eigenvalue weighted by Gasteiger charge is -2.06. The van der Waals surface area contributed by atoms with E-state index >= 15 is 0 Å². The molecule has 7 heteroatoms. The van der Waals surface area contributed by atoms with E-state index in [2.05, 4.69) is 0 Å². The minimum Gasteiger partial charge on any atom is -0.310 e. The van der Waals surface area contributed by atoms with Gasteiger partial charge in [-0.25, -0.2) is 5.48 Å². The van der Waals surface area contributed by atoms with Crippen molar-refractivity contribution >= 4 is 14.2 Å². The van der Waals surface area contributed by atoms with Crippen molar-refractivity contribution in [3.63, 3.8) is 0 Å². The maximum absolute atomic E-state index is 11.0. The monoisotopic (exact) mass is 225 g/mol. The van der Waals surface area contributed by atoms with Crippen LogP contribution in [-0.2, 0) is 18.4 Å². The molecule has 0 fully saturated rings. The maximum Gasteiger partial charge on any atom is 0.319 e. The van der Waals surface area contributed by atoms with Gasteiger partial charge >= 0.3 is 8.25 Å². The zero-order chi connectivity index (χ0) is 11.0. The zero-order valence-electron chi connectivity index (χ0n) is 8.28. The van der Waals surface area contributed by atoms with E-state index in [9.17, 15) is 9.36 Å². The van der Waals surface area contributed by atoms with Crippen molar-refractivity contribution in [1.29, 1.82) is 0 Å². The van der Waals surface area contributed by atoms with Crippen LogP contribution in [-0.4, -0.2) is 24.3 Å². The summed E-state index contributed by atoms with van der Waals surface area (Å²) in [5.74, 6) is -0.294. The second-order valence-electron chi connectivity index (χ2n) is 3.09. The van der Waals surface area contributed by atoms with Gasteiger partial charge in [0.15, 0.2) is 0 Å². The summed E-state index contributed by atoms with van der Waals surface area (Å²) in [4.78, 5) is 10.5. The highest BCUT2D eigenvalue weighted by Gasteiger charge is 2.04. The minimum atomic E-state index is -2.50. The van der Waals surface area contributed by atoms with Crippen molar-refractivity contribution < 1.29 is 23.6 Å². The van der Waals surface area contributed by atoms with E-state index in [0.29, 0.717) is 6.61 Å². The minimum absolute atomic E-state index is 0.0255. The molecule has 0 aromatic heterocycles. The molecule has 0 aliphatic rings. The Hall–Kier alpha value is -0.420. The molecule has 1 unspecified atom stereocenters. The van der Waals surface area contributed by atoms with Crippen LogP contribution < -0.4 is 5.48 Å². The number of carbonyl (C=O) groups is 1. The molecule has 0 radical (unpaired) electrons. The molecule has 0 saturated carbocycles. The summed E-state index contributed by atoms with van der Waals surface area (Å²) >= 11 is 0. The van der Waals surface area contributed by atoms with Gasteiger partial charge in [-0.1, -0.05) is 13.8 Å². The van der Waals surface area contributed by atoms with E-state index in [1.54, 1.807) is 0 Å². The molecule has 0 heterocycles. The number of carbonyl (C=O) groups excluding carboxylic acids is 1. The molecule has 2 N–H and O–H groups in total. The fraction of sp³-hybridized carbons (Fsp3) is 0.857. The molecule has 0 aromatic carbocycles. The predicted octanol–water partition coefficient (Wildman–Crippen LogP) is 0.961. The summed E-state index contributed by atoms with van der Waals surface area (Å²) in [5.41, 5.74) is 1.44. The van der Waals surface area contributed by atoms with E-state index in [-0.39, 0.29) is 18.9 Å². The van der Waals surface area contributed by atoms with Gasteiger partial charge < -0.3 is 9.05 Å². The van der Waals surface area contributed by atoms with E-state index in [4.69, 9.17) is 14.3 Å². The lowest BCUT2D eigenvalue weighted by Crippen LogP contribution is -2.19. The van der Waals surface area contributed by atoms with E-state index in [0.717, 1.165) is 0 Å². The van der Waals surface area contributed by atoms with Crippen molar-refractivity contribution in [3.05, 3.63) is 0 Å². The van der Waals surface area contributed by atoms with E-state index in [1.807, 2.05) is 13.8 Å². The quantitative estimate of drug-likeness (QED) is 0.383. The first kappa shape index (κ1) is 13.6. The van der Waals surface area contributed by atoms with Crippen LogP contribution >= 0.6 is 8.25 Å². The molecular weight excluding hydrogens is 209 g/mol. The van der Waals surface area contributed by atoms with Crippen molar-refractivity contribution in [3.8, 4) is 0 Å². The third kappa shape index (κ3) is 8.19. The van der Waals surface area contributed by atoms with E-state index in [1.165, 1.54) is 5.48 Å². The van der Waals surface area contributed by atoms with Gasteiger partial charge in [0.25, 0.3) is 0 Å². The van der Waals surface area contributed by atoms with Crippen LogP contribution in [0.2, 0.25) is 0 Å². The van der Waals surface area contributed by atoms with Gasteiger partial charge in [-0.05, 0) is 5.92 Å². The number of hydroxylamine groups is 1. The van der Waals surface area contributed by atoms with Gasteiger partial charge in [0, 0.05) is 0 Å². The lowest BCUT2D eigenvalue weighted by molar-refractivity contribution is -0.129. The fourth-order valence-corrected chi connectivity index (χ4v) is 1.38. The first-order valence-electron chi connectivity index (χ1n) is 4.28. The Morgan fingerprint density at radius 1 is 1.50 bits per heavy atom. The SMILES string of the molecule is CC(C)CO[PH](=O)OCCC(=O)NO. The summed E-state index contributed by atoms with van der Waals surface area (Å²) < 4.78 is 20.5. The molecule has 0 rings (SSSR count). The van der Waals surface area contributed by atoms with Gasteiger partial charge in [-0.2, -0.15) is 0 Å². The average Bonchev–Trinajstić information content (AvgIpc) is 2.14. The Bertz CT molecular complexity index is 197. The summed E-state index contributed by atoms with van der Waals surface area (Å²) in [6.07, 6.45) is -0.0437. The molecule has 0 bridgehead atoms. The highest BCUT2D eigenvalue weighted by Crippen LogP contribution is 2.24. The second kappa shape index (κ2) is 7.94. The van der Waals surface area contributed by atoms with Crippen molar-refractivity contribution in [2.45, 2.75) is 20.3 Å². The summed E-state index contributed by atoms with van der Waals surface area (Å²) in [7, 11) is -2.50. The molecule has 0 aromatic rings. The van der Waals surface area contributed by atoms with Crippen LogP contribution in [0.4, 0.5) is 0 Å². The first-order valence-corrected chi connectivity index (χ1v) is 5.51. The number of amides is 1. The van der Waals surface area contributed by atoms with Crippen LogP contribution in [0, 0.1) is 5.92 Å². The third-order valence-electron chi connectivity index (χ3n) is 1.21.